The molecule has 0 radical (unpaired) electrons. The summed E-state index contributed by atoms with van der Waals surface area (Å²) in [6, 6.07) is 8.31. The Hall–Kier alpha value is -1.17. The molecule has 20 heavy (non-hydrogen) atoms. The normalized spacial score (nSPS) is 13.3. The molecule has 5 heteroatoms. The molecule has 104 valence electrons. The number of carbonyl (C=O) groups is 1. The highest BCUT2D eigenvalue weighted by atomic mass is 79.9. The molecule has 2 N–H and O–H groups in total. The zero-order valence-electron chi connectivity index (χ0n) is 11.1. The molecule has 0 atom stereocenters. The number of carbonyl (C=O) groups excluding carboxylic acids is 1. The second kappa shape index (κ2) is 5.68. The average Bonchev–Trinajstić information content (AvgIpc) is 3.03. The van der Waals surface area contributed by atoms with Crippen LogP contribution in [0.3, 0.4) is 0 Å². The minimum Gasteiger partial charge on any atom is -0.347 e. The van der Waals surface area contributed by atoms with Crippen LogP contribution in [0.4, 0.5) is 0 Å². The van der Waals surface area contributed by atoms with E-state index in [0.717, 1.165) is 32.9 Å². The Labute approximate surface area is 130 Å². The first-order valence-corrected chi connectivity index (χ1v) is 8.10. The van der Waals surface area contributed by atoms with Gasteiger partial charge in [-0.05, 0) is 51.2 Å². The van der Waals surface area contributed by atoms with Crippen molar-refractivity contribution in [2.45, 2.75) is 26.6 Å². The van der Waals surface area contributed by atoms with E-state index < -0.39 is 0 Å². The fourth-order valence-electron chi connectivity index (χ4n) is 2.30. The number of rotatable bonds is 3. The zero-order chi connectivity index (χ0) is 14.1. The first kappa shape index (κ1) is 13.8. The molecule has 0 spiro atoms. The number of amides is 1. The van der Waals surface area contributed by atoms with Gasteiger partial charge in [0.1, 0.15) is 0 Å². The van der Waals surface area contributed by atoms with Gasteiger partial charge < -0.3 is 10.6 Å². The lowest BCUT2D eigenvalue weighted by atomic mass is 10.1. The summed E-state index contributed by atoms with van der Waals surface area (Å²) in [4.78, 5) is 12.8. The number of benzene rings is 1. The summed E-state index contributed by atoms with van der Waals surface area (Å²) in [7, 11) is 0. The largest absolute Gasteiger partial charge is 0.347 e. The number of thiophene rings is 1. The van der Waals surface area contributed by atoms with Crippen molar-refractivity contribution in [3.63, 3.8) is 0 Å². The summed E-state index contributed by atoms with van der Waals surface area (Å²) in [6.07, 6.45) is 0. The van der Waals surface area contributed by atoms with Crippen molar-refractivity contribution in [1.29, 1.82) is 0 Å². The van der Waals surface area contributed by atoms with E-state index in [0.29, 0.717) is 6.54 Å². The van der Waals surface area contributed by atoms with E-state index in [-0.39, 0.29) is 5.91 Å². The fourth-order valence-corrected chi connectivity index (χ4v) is 3.75. The fraction of sp³-hybridized carbons (Fsp3) is 0.267. The molecule has 1 aliphatic heterocycles. The predicted molar refractivity (Wildman–Crippen MR) is 84.9 cm³/mol. The van der Waals surface area contributed by atoms with E-state index >= 15 is 0 Å². The van der Waals surface area contributed by atoms with Crippen LogP contribution in [0.25, 0.3) is 0 Å². The van der Waals surface area contributed by atoms with Gasteiger partial charge in [0.15, 0.2) is 0 Å². The molecule has 3 nitrogen and oxygen atoms in total. The number of hydrogen-bond acceptors (Lipinski definition) is 3. The van der Waals surface area contributed by atoms with Crippen LogP contribution in [0.1, 0.15) is 31.9 Å². The lowest BCUT2D eigenvalue weighted by molar-refractivity contribution is 0.0955. The monoisotopic (exact) mass is 350 g/mol. The summed E-state index contributed by atoms with van der Waals surface area (Å²) < 4.78 is 1.02. The maximum absolute atomic E-state index is 12.1. The minimum absolute atomic E-state index is 0.0116. The number of nitrogens with one attached hydrogen (secondary N) is 2. The van der Waals surface area contributed by atoms with Crippen molar-refractivity contribution in [3.8, 4) is 0 Å². The van der Waals surface area contributed by atoms with Gasteiger partial charge in [0, 0.05) is 19.6 Å². The standard InChI is InChI=1S/C15H15BrN2OS/c1-9-4-13(20-14(9)16)15(19)18-6-10-2-3-11-7-17-8-12(11)5-10/h2-5,17H,6-8H2,1H3,(H,18,19). The van der Waals surface area contributed by atoms with Crippen LogP contribution in [0.5, 0.6) is 0 Å². The molecule has 0 bridgehead atoms. The molecule has 0 fully saturated rings. The Morgan fingerprint density at radius 2 is 2.15 bits per heavy atom. The Balaban J connectivity index is 1.66. The Morgan fingerprint density at radius 3 is 2.90 bits per heavy atom. The van der Waals surface area contributed by atoms with Gasteiger partial charge in [-0.2, -0.15) is 0 Å². The third-order valence-corrected chi connectivity index (χ3v) is 5.57. The Morgan fingerprint density at radius 1 is 1.35 bits per heavy atom. The highest BCUT2D eigenvalue weighted by Gasteiger charge is 2.12. The zero-order valence-corrected chi connectivity index (χ0v) is 13.5. The summed E-state index contributed by atoms with van der Waals surface area (Å²) in [5.41, 5.74) is 4.95. The SMILES string of the molecule is Cc1cc(C(=O)NCc2ccc3c(c2)CNC3)sc1Br. The topological polar surface area (TPSA) is 41.1 Å². The van der Waals surface area contributed by atoms with Crippen LogP contribution < -0.4 is 10.6 Å². The number of aryl methyl sites for hydroxylation is 1. The second-order valence-electron chi connectivity index (χ2n) is 4.96. The Bertz CT molecular complexity index is 646. The lowest BCUT2D eigenvalue weighted by Crippen LogP contribution is -2.21. The Kier molecular flexibility index (Phi) is 3.92. The highest BCUT2D eigenvalue weighted by molar-refractivity contribution is 9.11. The maximum Gasteiger partial charge on any atom is 0.261 e. The van der Waals surface area contributed by atoms with E-state index in [1.54, 1.807) is 0 Å². The van der Waals surface area contributed by atoms with Gasteiger partial charge in [-0.25, -0.2) is 0 Å². The quantitative estimate of drug-likeness (QED) is 0.891. The molecular weight excluding hydrogens is 336 g/mol. The van der Waals surface area contributed by atoms with E-state index in [9.17, 15) is 4.79 Å². The summed E-state index contributed by atoms with van der Waals surface area (Å²) in [6.45, 7) is 4.43. The molecular formula is C15H15BrN2OS. The van der Waals surface area contributed by atoms with Crippen LogP contribution in [-0.4, -0.2) is 5.91 Å². The molecule has 1 aliphatic rings. The first-order chi connectivity index (χ1) is 9.63. The molecule has 1 aromatic heterocycles. The third-order valence-electron chi connectivity index (χ3n) is 3.44. The lowest BCUT2D eigenvalue weighted by Gasteiger charge is -2.06. The van der Waals surface area contributed by atoms with E-state index in [2.05, 4.69) is 44.8 Å². The molecule has 1 aromatic carbocycles. The van der Waals surface area contributed by atoms with Gasteiger partial charge in [0.2, 0.25) is 0 Å². The molecule has 2 heterocycles. The summed E-state index contributed by atoms with van der Waals surface area (Å²) in [5.74, 6) is -0.0116. The molecule has 0 saturated carbocycles. The molecule has 3 rings (SSSR count). The third kappa shape index (κ3) is 2.80. The molecule has 2 aromatic rings. The van der Waals surface area contributed by atoms with Crippen molar-refractivity contribution in [1.82, 2.24) is 10.6 Å². The van der Waals surface area contributed by atoms with Crippen molar-refractivity contribution in [3.05, 3.63) is 55.2 Å². The smallest absolute Gasteiger partial charge is 0.261 e. The molecule has 0 saturated heterocycles. The predicted octanol–water partition coefficient (Wildman–Crippen LogP) is 3.35. The van der Waals surface area contributed by atoms with Crippen molar-refractivity contribution < 1.29 is 4.79 Å². The number of halogens is 1. The molecule has 0 unspecified atom stereocenters. The van der Waals surface area contributed by atoms with E-state index in [1.165, 1.54) is 22.5 Å². The van der Waals surface area contributed by atoms with Gasteiger partial charge in [-0.3, -0.25) is 4.79 Å². The van der Waals surface area contributed by atoms with Crippen LogP contribution in [0.15, 0.2) is 28.1 Å². The van der Waals surface area contributed by atoms with Crippen LogP contribution in [-0.2, 0) is 19.6 Å². The maximum atomic E-state index is 12.1. The average molecular weight is 351 g/mol. The van der Waals surface area contributed by atoms with Gasteiger partial charge in [0.05, 0.1) is 8.66 Å². The van der Waals surface area contributed by atoms with Crippen LogP contribution in [0.2, 0.25) is 0 Å². The molecule has 0 aliphatic carbocycles. The number of hydrogen-bond donors (Lipinski definition) is 2. The molecule has 1 amide bonds. The van der Waals surface area contributed by atoms with Crippen molar-refractivity contribution in [2.75, 3.05) is 0 Å². The van der Waals surface area contributed by atoms with Gasteiger partial charge >= 0.3 is 0 Å². The summed E-state index contributed by atoms with van der Waals surface area (Å²) in [5, 5.41) is 6.30. The van der Waals surface area contributed by atoms with E-state index in [1.807, 2.05) is 13.0 Å². The van der Waals surface area contributed by atoms with Crippen molar-refractivity contribution in [2.24, 2.45) is 0 Å². The minimum atomic E-state index is -0.0116. The number of fused-ring (bicyclic) bond motifs is 1. The van der Waals surface area contributed by atoms with Gasteiger partial charge in [-0.15, -0.1) is 11.3 Å². The van der Waals surface area contributed by atoms with Crippen LogP contribution >= 0.6 is 27.3 Å². The van der Waals surface area contributed by atoms with Crippen LogP contribution in [0, 0.1) is 6.92 Å². The van der Waals surface area contributed by atoms with Crippen molar-refractivity contribution >= 4 is 33.2 Å². The van der Waals surface area contributed by atoms with Gasteiger partial charge in [0.25, 0.3) is 5.91 Å². The van der Waals surface area contributed by atoms with E-state index in [4.69, 9.17) is 0 Å². The highest BCUT2D eigenvalue weighted by Crippen LogP contribution is 2.27. The second-order valence-corrected chi connectivity index (χ2v) is 7.33. The summed E-state index contributed by atoms with van der Waals surface area (Å²) >= 11 is 4.92. The van der Waals surface area contributed by atoms with Gasteiger partial charge in [-0.1, -0.05) is 18.2 Å². The first-order valence-electron chi connectivity index (χ1n) is 6.49.